The predicted molar refractivity (Wildman–Crippen MR) is 215 cm³/mol. The van der Waals surface area contributed by atoms with Gasteiger partial charge in [0.15, 0.2) is 18.2 Å². The van der Waals surface area contributed by atoms with E-state index in [0.29, 0.717) is 12.2 Å². The molecule has 0 bridgehead atoms. The van der Waals surface area contributed by atoms with E-state index >= 15 is 0 Å². The minimum Gasteiger partial charge on any atom is -0.482 e. The molecule has 0 radical (unpaired) electrons. The maximum Gasteiger partial charge on any atom is 0.417 e. The topological polar surface area (TPSA) is 139 Å². The number of carbonyl (C=O) groups excluding carboxylic acids is 3. The Bertz CT molecular complexity index is 2030. The molecule has 0 spiro atoms. The van der Waals surface area contributed by atoms with Crippen LogP contribution in [0, 0.1) is 5.92 Å². The number of carbonyl (C=O) groups is 3. The number of nitrogens with zero attached hydrogens (tertiary/aromatic N) is 1. The zero-order chi connectivity index (χ0) is 41.0. The Hall–Kier alpha value is -5.47. The molecule has 7 rings (SSSR count). The van der Waals surface area contributed by atoms with Crippen LogP contribution in [0.15, 0.2) is 145 Å². The van der Waals surface area contributed by atoms with Gasteiger partial charge in [-0.1, -0.05) is 121 Å². The number of cyclic esters (lactones) is 1. The second-order valence-corrected chi connectivity index (χ2v) is 14.5. The SMILES string of the molecule is COC1OC(CO)C(OCc2ccccc2)C(OCc2ccccc2)C1OCCC=C1C=CC(=O)C(C(Cc2ccccc2)C(=O)N2C(=O)OCC2c2ccccc2)O1. The van der Waals surface area contributed by atoms with Gasteiger partial charge in [0.25, 0.3) is 0 Å². The lowest BCUT2D eigenvalue weighted by Crippen LogP contribution is -2.61. The molecule has 0 aliphatic carbocycles. The third kappa shape index (κ3) is 10.4. The van der Waals surface area contributed by atoms with E-state index in [1.807, 2.05) is 121 Å². The summed E-state index contributed by atoms with van der Waals surface area (Å²) in [7, 11) is 1.51. The fraction of sp³-hybridized carbons (Fsp3) is 0.340. The smallest absolute Gasteiger partial charge is 0.417 e. The summed E-state index contributed by atoms with van der Waals surface area (Å²) >= 11 is 0. The van der Waals surface area contributed by atoms with Crippen LogP contribution in [0.2, 0.25) is 0 Å². The number of hydrogen-bond acceptors (Lipinski definition) is 11. The maximum absolute atomic E-state index is 14.4. The number of amides is 2. The van der Waals surface area contributed by atoms with Crippen molar-refractivity contribution in [1.82, 2.24) is 4.90 Å². The number of methoxy groups -OCH3 is 1. The van der Waals surface area contributed by atoms with Gasteiger partial charge in [-0.2, -0.15) is 0 Å². The zero-order valence-corrected chi connectivity index (χ0v) is 32.8. The zero-order valence-electron chi connectivity index (χ0n) is 32.8. The van der Waals surface area contributed by atoms with Crippen molar-refractivity contribution in [2.45, 2.75) is 68.9 Å². The van der Waals surface area contributed by atoms with Crippen molar-refractivity contribution in [2.24, 2.45) is 5.92 Å². The molecule has 8 unspecified atom stereocenters. The Morgan fingerprint density at radius 2 is 1.37 bits per heavy atom. The van der Waals surface area contributed by atoms with E-state index in [9.17, 15) is 19.5 Å². The molecule has 0 saturated carbocycles. The fourth-order valence-electron chi connectivity index (χ4n) is 7.58. The van der Waals surface area contributed by atoms with Crippen molar-refractivity contribution < 1.29 is 52.6 Å². The van der Waals surface area contributed by atoms with E-state index < -0.39 is 66.6 Å². The standard InChI is InChI=1S/C47H49NO11/c1-53-46-44(43(56-30-34-19-10-4-11-20-34)42(40(28-49)59-46)55-29-33-17-8-3-9-18-33)54-26-14-23-36-24-25-39(50)41(58-36)37(27-32-15-6-2-7-16-32)45(51)48-38(31-57-47(48)52)35-21-12-5-13-22-35/h2-13,15-25,37-38,40-44,46,49H,14,26-31H2,1H3. The average Bonchev–Trinajstić information content (AvgIpc) is 3.68. The highest BCUT2D eigenvalue weighted by Gasteiger charge is 2.49. The first-order valence-electron chi connectivity index (χ1n) is 19.8. The maximum atomic E-state index is 14.4. The van der Waals surface area contributed by atoms with Gasteiger partial charge < -0.3 is 38.3 Å². The molecular weight excluding hydrogens is 755 g/mol. The van der Waals surface area contributed by atoms with E-state index in [-0.39, 0.29) is 39.5 Å². The lowest BCUT2D eigenvalue weighted by Gasteiger charge is -2.45. The van der Waals surface area contributed by atoms with Crippen molar-refractivity contribution in [3.63, 3.8) is 0 Å². The molecule has 12 heteroatoms. The van der Waals surface area contributed by atoms with Crippen LogP contribution in [0.1, 0.15) is 34.7 Å². The monoisotopic (exact) mass is 803 g/mol. The molecule has 12 nitrogen and oxygen atoms in total. The highest BCUT2D eigenvalue weighted by atomic mass is 16.7. The molecule has 8 atom stereocenters. The number of aliphatic hydroxyl groups is 1. The molecule has 2 amide bonds. The van der Waals surface area contributed by atoms with E-state index in [1.165, 1.54) is 13.2 Å². The van der Waals surface area contributed by atoms with Gasteiger partial charge >= 0.3 is 6.09 Å². The van der Waals surface area contributed by atoms with Crippen LogP contribution in [0.4, 0.5) is 4.79 Å². The summed E-state index contributed by atoms with van der Waals surface area (Å²) < 4.78 is 43.0. The normalized spacial score (nSPS) is 25.4. The van der Waals surface area contributed by atoms with Crippen LogP contribution in [0.25, 0.3) is 0 Å². The molecule has 2 fully saturated rings. The van der Waals surface area contributed by atoms with Crippen molar-refractivity contribution in [1.29, 1.82) is 0 Å². The molecule has 3 aliphatic rings. The molecular formula is C47H49NO11. The van der Waals surface area contributed by atoms with Gasteiger partial charge in [0, 0.05) is 7.11 Å². The molecule has 1 N–H and O–H groups in total. The third-order valence-electron chi connectivity index (χ3n) is 10.6. The molecule has 2 saturated heterocycles. The van der Waals surface area contributed by atoms with E-state index in [2.05, 4.69) is 0 Å². The summed E-state index contributed by atoms with van der Waals surface area (Å²) in [5.74, 6) is -1.62. The highest BCUT2D eigenvalue weighted by molar-refractivity contribution is 6.02. The first-order chi connectivity index (χ1) is 28.9. The van der Waals surface area contributed by atoms with Gasteiger partial charge in [0.1, 0.15) is 42.8 Å². The van der Waals surface area contributed by atoms with Gasteiger partial charge in [0.2, 0.25) is 5.91 Å². The predicted octanol–water partition coefficient (Wildman–Crippen LogP) is 6.28. The Kier molecular flexibility index (Phi) is 14.5. The van der Waals surface area contributed by atoms with Crippen LogP contribution < -0.4 is 0 Å². The second-order valence-electron chi connectivity index (χ2n) is 14.5. The first kappa shape index (κ1) is 41.7. The molecule has 3 aliphatic heterocycles. The van der Waals surface area contributed by atoms with Gasteiger partial charge in [0.05, 0.1) is 32.3 Å². The minimum atomic E-state index is -1.21. The Balaban J connectivity index is 1.07. The average molecular weight is 804 g/mol. The van der Waals surface area contributed by atoms with Crippen LogP contribution in [0.3, 0.4) is 0 Å². The Labute approximate surface area is 343 Å². The van der Waals surface area contributed by atoms with Crippen LogP contribution >= 0.6 is 0 Å². The van der Waals surface area contributed by atoms with Crippen LogP contribution in [-0.4, -0.2) is 91.5 Å². The summed E-state index contributed by atoms with van der Waals surface area (Å²) in [6.45, 7) is 0.361. The molecule has 59 heavy (non-hydrogen) atoms. The molecule has 4 aromatic carbocycles. The van der Waals surface area contributed by atoms with Crippen LogP contribution in [-0.2, 0) is 62.4 Å². The summed E-state index contributed by atoms with van der Waals surface area (Å²) in [6, 6.07) is 37.3. The van der Waals surface area contributed by atoms with Gasteiger partial charge in [-0.15, -0.1) is 0 Å². The van der Waals surface area contributed by atoms with Crippen molar-refractivity contribution >= 4 is 17.8 Å². The number of benzene rings is 4. The number of hydrogen-bond donors (Lipinski definition) is 1. The van der Waals surface area contributed by atoms with Crippen LogP contribution in [0.5, 0.6) is 0 Å². The number of imide groups is 1. The number of rotatable bonds is 17. The Morgan fingerprint density at radius 3 is 1.98 bits per heavy atom. The van der Waals surface area contributed by atoms with E-state index in [0.717, 1.165) is 27.2 Å². The molecule has 3 heterocycles. The largest absolute Gasteiger partial charge is 0.482 e. The summed E-state index contributed by atoms with van der Waals surface area (Å²) in [5, 5.41) is 10.4. The first-order valence-corrected chi connectivity index (χ1v) is 19.8. The van der Waals surface area contributed by atoms with Gasteiger partial charge in [-0.25, -0.2) is 9.69 Å². The second kappa shape index (κ2) is 20.5. The van der Waals surface area contributed by atoms with E-state index in [1.54, 1.807) is 12.2 Å². The third-order valence-corrected chi connectivity index (χ3v) is 10.6. The summed E-state index contributed by atoms with van der Waals surface area (Å²) in [4.78, 5) is 42.2. The number of aliphatic hydroxyl groups excluding tert-OH is 1. The lowest BCUT2D eigenvalue weighted by atomic mass is 9.88. The lowest BCUT2D eigenvalue weighted by molar-refractivity contribution is -0.319. The minimum absolute atomic E-state index is 0.00579. The summed E-state index contributed by atoms with van der Waals surface area (Å²) in [6.07, 6.45) is -0.534. The van der Waals surface area contributed by atoms with Gasteiger partial charge in [-0.05, 0) is 53.3 Å². The quantitative estimate of drug-likeness (QED) is 0.121. The summed E-state index contributed by atoms with van der Waals surface area (Å²) in [5.41, 5.74) is 3.45. The highest BCUT2D eigenvalue weighted by Crippen LogP contribution is 2.34. The molecule has 308 valence electrons. The molecule has 4 aromatic rings. The van der Waals surface area contributed by atoms with Crippen molar-refractivity contribution in [3.05, 3.63) is 168 Å². The fourth-order valence-corrected chi connectivity index (χ4v) is 7.58. The Morgan fingerprint density at radius 1 is 0.780 bits per heavy atom. The number of ketones is 1. The van der Waals surface area contributed by atoms with Crippen molar-refractivity contribution in [3.8, 4) is 0 Å². The molecule has 0 aromatic heterocycles. The number of ether oxygens (including phenoxy) is 7. The number of allylic oxidation sites excluding steroid dienone is 1. The van der Waals surface area contributed by atoms with E-state index in [4.69, 9.17) is 33.2 Å². The van der Waals surface area contributed by atoms with Crippen molar-refractivity contribution in [2.75, 3.05) is 26.9 Å². The van der Waals surface area contributed by atoms with Gasteiger partial charge in [-0.3, -0.25) is 9.59 Å².